The minimum atomic E-state index is -0.521. The van der Waals surface area contributed by atoms with Crippen molar-refractivity contribution in [2.75, 3.05) is 38.2 Å². The number of nitro groups is 1. The zero-order valence-electron chi connectivity index (χ0n) is 13.9. The van der Waals surface area contributed by atoms with Crippen LogP contribution in [0.5, 0.6) is 0 Å². The van der Waals surface area contributed by atoms with Crippen LogP contribution in [0.15, 0.2) is 18.2 Å². The summed E-state index contributed by atoms with van der Waals surface area (Å²) in [6.07, 6.45) is 0. The Morgan fingerprint density at radius 2 is 2.08 bits per heavy atom. The largest absolute Gasteiger partial charge is 0.394 e. The fraction of sp³-hybridized carbons (Fsp3) is 0.562. The number of hydrogen-bond donors (Lipinski definition) is 2. The van der Waals surface area contributed by atoms with E-state index in [1.54, 1.807) is 11.0 Å². The lowest BCUT2D eigenvalue weighted by atomic mass is 10.0. The van der Waals surface area contributed by atoms with Crippen molar-refractivity contribution in [1.29, 1.82) is 0 Å². The smallest absolute Gasteiger partial charge is 0.293 e. The first-order valence-electron chi connectivity index (χ1n) is 7.97. The summed E-state index contributed by atoms with van der Waals surface area (Å²) < 4.78 is 5.21. The molecule has 8 nitrogen and oxygen atoms in total. The number of amides is 1. The van der Waals surface area contributed by atoms with Gasteiger partial charge in [-0.3, -0.25) is 14.9 Å². The summed E-state index contributed by atoms with van der Waals surface area (Å²) in [5.41, 5.74) is 0.402. The van der Waals surface area contributed by atoms with Crippen molar-refractivity contribution in [3.63, 3.8) is 0 Å². The van der Waals surface area contributed by atoms with E-state index in [0.29, 0.717) is 32.0 Å². The molecule has 0 saturated carbocycles. The molecule has 1 saturated heterocycles. The van der Waals surface area contributed by atoms with Crippen molar-refractivity contribution >= 4 is 17.3 Å². The third-order valence-corrected chi connectivity index (χ3v) is 4.08. The molecule has 1 aromatic carbocycles. The first-order valence-corrected chi connectivity index (χ1v) is 7.97. The number of carbonyl (C=O) groups excluding carboxylic acids is 1. The first kappa shape index (κ1) is 18.2. The lowest BCUT2D eigenvalue weighted by molar-refractivity contribution is -0.384. The predicted molar refractivity (Wildman–Crippen MR) is 89.2 cm³/mol. The van der Waals surface area contributed by atoms with Gasteiger partial charge in [0.15, 0.2) is 0 Å². The lowest BCUT2D eigenvalue weighted by Crippen LogP contribution is -2.40. The number of aliphatic hydroxyl groups excluding tert-OH is 1. The van der Waals surface area contributed by atoms with Gasteiger partial charge in [0, 0.05) is 24.7 Å². The molecule has 1 amide bonds. The highest BCUT2D eigenvalue weighted by Crippen LogP contribution is 2.28. The van der Waals surface area contributed by atoms with Gasteiger partial charge in [-0.15, -0.1) is 0 Å². The molecule has 0 radical (unpaired) electrons. The second-order valence-corrected chi connectivity index (χ2v) is 6.07. The van der Waals surface area contributed by atoms with Crippen molar-refractivity contribution in [3.8, 4) is 0 Å². The van der Waals surface area contributed by atoms with Crippen molar-refractivity contribution in [1.82, 2.24) is 4.90 Å². The Labute approximate surface area is 140 Å². The van der Waals surface area contributed by atoms with Crippen LogP contribution in [0.3, 0.4) is 0 Å². The lowest BCUT2D eigenvalue weighted by Gasteiger charge is -2.27. The van der Waals surface area contributed by atoms with Crippen molar-refractivity contribution < 1.29 is 19.6 Å². The van der Waals surface area contributed by atoms with Gasteiger partial charge in [-0.2, -0.15) is 0 Å². The van der Waals surface area contributed by atoms with Gasteiger partial charge < -0.3 is 20.1 Å². The maximum atomic E-state index is 12.5. The van der Waals surface area contributed by atoms with Crippen molar-refractivity contribution in [2.45, 2.75) is 19.9 Å². The molecule has 0 bridgehead atoms. The van der Waals surface area contributed by atoms with Gasteiger partial charge >= 0.3 is 0 Å². The summed E-state index contributed by atoms with van der Waals surface area (Å²) >= 11 is 0. The van der Waals surface area contributed by atoms with Crippen LogP contribution in [0, 0.1) is 16.0 Å². The third kappa shape index (κ3) is 4.21. The van der Waals surface area contributed by atoms with Gasteiger partial charge in [0.25, 0.3) is 11.6 Å². The molecule has 0 aromatic heterocycles. The number of nitrogens with zero attached hydrogens (tertiary/aromatic N) is 2. The van der Waals surface area contributed by atoms with Crippen LogP contribution in [-0.2, 0) is 4.74 Å². The molecule has 1 aromatic rings. The molecule has 2 N–H and O–H groups in total. The molecule has 0 unspecified atom stereocenters. The molecule has 8 heteroatoms. The minimum Gasteiger partial charge on any atom is -0.394 e. The Hall–Kier alpha value is -2.19. The molecular formula is C16H23N3O5. The predicted octanol–water partition coefficient (Wildman–Crippen LogP) is 1.50. The number of morpholine rings is 1. The second kappa shape index (κ2) is 8.07. The van der Waals surface area contributed by atoms with Crippen LogP contribution in [0.4, 0.5) is 11.4 Å². The van der Waals surface area contributed by atoms with E-state index >= 15 is 0 Å². The highest BCUT2D eigenvalue weighted by molar-refractivity contribution is 5.95. The standard InChI is InChI=1S/C16H23N3O5/c1-11(2)14(10-20)17-13-4-3-12(9-15(13)19(22)23)16(21)18-5-7-24-8-6-18/h3-4,9,11,14,17,20H,5-8,10H2,1-2H3/t14-/m1/s1. The highest BCUT2D eigenvalue weighted by atomic mass is 16.6. The number of nitrogens with one attached hydrogen (secondary N) is 1. The molecule has 1 atom stereocenters. The van der Waals surface area contributed by atoms with Crippen LogP contribution in [-0.4, -0.2) is 59.8 Å². The Bertz CT molecular complexity index is 599. The van der Waals surface area contributed by atoms with Crippen LogP contribution in [0.2, 0.25) is 0 Å². The minimum absolute atomic E-state index is 0.101. The second-order valence-electron chi connectivity index (χ2n) is 6.07. The van der Waals surface area contributed by atoms with E-state index in [-0.39, 0.29) is 35.7 Å². The van der Waals surface area contributed by atoms with Gasteiger partial charge in [-0.1, -0.05) is 13.8 Å². The fourth-order valence-corrected chi connectivity index (χ4v) is 2.51. The quantitative estimate of drug-likeness (QED) is 0.602. The summed E-state index contributed by atoms with van der Waals surface area (Å²) in [6.45, 7) is 5.59. The van der Waals surface area contributed by atoms with E-state index in [1.165, 1.54) is 12.1 Å². The summed E-state index contributed by atoms with van der Waals surface area (Å²) in [7, 11) is 0. The molecule has 2 rings (SSSR count). The van der Waals surface area contributed by atoms with Gasteiger partial charge in [-0.25, -0.2) is 0 Å². The van der Waals surface area contributed by atoms with E-state index in [0.717, 1.165) is 0 Å². The van der Waals surface area contributed by atoms with Crippen LogP contribution < -0.4 is 5.32 Å². The Morgan fingerprint density at radius 3 is 2.62 bits per heavy atom. The zero-order valence-corrected chi connectivity index (χ0v) is 13.9. The first-order chi connectivity index (χ1) is 11.4. The average molecular weight is 337 g/mol. The van der Waals surface area contributed by atoms with E-state index < -0.39 is 4.92 Å². The van der Waals surface area contributed by atoms with Crippen LogP contribution in [0.1, 0.15) is 24.2 Å². The van der Waals surface area contributed by atoms with Crippen molar-refractivity contribution in [3.05, 3.63) is 33.9 Å². The van der Waals surface area contributed by atoms with Gasteiger partial charge in [0.2, 0.25) is 0 Å². The molecule has 0 aliphatic carbocycles. The van der Waals surface area contributed by atoms with E-state index in [4.69, 9.17) is 4.74 Å². The Morgan fingerprint density at radius 1 is 1.42 bits per heavy atom. The maximum absolute atomic E-state index is 12.5. The average Bonchev–Trinajstić information content (AvgIpc) is 2.59. The monoisotopic (exact) mass is 337 g/mol. The normalized spacial score (nSPS) is 16.1. The van der Waals surface area contributed by atoms with Crippen molar-refractivity contribution in [2.24, 2.45) is 5.92 Å². The summed E-state index contributed by atoms with van der Waals surface area (Å²) in [4.78, 5) is 24.9. The van der Waals surface area contributed by atoms with E-state index in [9.17, 15) is 20.0 Å². The fourth-order valence-electron chi connectivity index (χ4n) is 2.51. The molecule has 1 heterocycles. The number of benzene rings is 1. The maximum Gasteiger partial charge on any atom is 0.293 e. The zero-order chi connectivity index (χ0) is 17.7. The number of anilines is 1. The van der Waals surface area contributed by atoms with Crippen LogP contribution >= 0.6 is 0 Å². The van der Waals surface area contributed by atoms with Crippen LogP contribution in [0.25, 0.3) is 0 Å². The molecular weight excluding hydrogens is 314 g/mol. The molecule has 0 spiro atoms. The number of aliphatic hydroxyl groups is 1. The van der Waals surface area contributed by atoms with E-state index in [1.807, 2.05) is 13.8 Å². The van der Waals surface area contributed by atoms with Gasteiger partial charge in [-0.05, 0) is 18.1 Å². The summed E-state index contributed by atoms with van der Waals surface area (Å²) in [5.74, 6) is -0.139. The summed E-state index contributed by atoms with van der Waals surface area (Å²) in [5, 5.41) is 23.8. The van der Waals surface area contributed by atoms with E-state index in [2.05, 4.69) is 5.32 Å². The molecule has 132 valence electrons. The number of ether oxygens (including phenoxy) is 1. The molecule has 1 aliphatic heterocycles. The Balaban J connectivity index is 2.25. The highest BCUT2D eigenvalue weighted by Gasteiger charge is 2.24. The Kier molecular flexibility index (Phi) is 6.10. The SMILES string of the molecule is CC(C)[C@@H](CO)Nc1ccc(C(=O)N2CCOCC2)cc1[N+](=O)[O-]. The molecule has 1 aliphatic rings. The van der Waals surface area contributed by atoms with Gasteiger partial charge in [0.05, 0.1) is 30.8 Å². The molecule has 1 fully saturated rings. The number of hydrogen-bond acceptors (Lipinski definition) is 6. The number of nitro benzene ring substituents is 1. The third-order valence-electron chi connectivity index (χ3n) is 4.08. The topological polar surface area (TPSA) is 105 Å². The molecule has 24 heavy (non-hydrogen) atoms. The summed E-state index contributed by atoms with van der Waals surface area (Å²) in [6, 6.07) is 4.08. The number of rotatable bonds is 6. The van der Waals surface area contributed by atoms with Gasteiger partial charge in [0.1, 0.15) is 5.69 Å². The number of carbonyl (C=O) groups is 1.